The van der Waals surface area contributed by atoms with Crippen LogP contribution in [0.15, 0.2) is 77.6 Å². The number of nitrogens with one attached hydrogen (secondary N) is 1. The number of hydrogen-bond donors (Lipinski definition) is 1. The topological polar surface area (TPSA) is 56.0 Å². The van der Waals surface area contributed by atoms with E-state index in [9.17, 15) is 14.0 Å². The molecule has 4 aromatic rings. The zero-order valence-corrected chi connectivity index (χ0v) is 18.3. The lowest BCUT2D eigenvalue weighted by Crippen LogP contribution is -2.25. The number of carbonyl (C=O) groups excluding carboxylic acids is 1. The molecule has 0 atom stereocenters. The van der Waals surface area contributed by atoms with E-state index in [2.05, 4.69) is 10.00 Å². The van der Waals surface area contributed by atoms with Gasteiger partial charge in [-0.25, -0.2) is 9.07 Å². The lowest BCUT2D eigenvalue weighted by molar-refractivity contribution is 0.0951. The molecule has 1 N–H and O–H groups in total. The van der Waals surface area contributed by atoms with Crippen LogP contribution in [0.25, 0.3) is 16.6 Å². The fourth-order valence-electron chi connectivity index (χ4n) is 4.75. The van der Waals surface area contributed by atoms with Gasteiger partial charge in [0, 0.05) is 12.1 Å². The number of nitrogens with zero attached hydrogens (tertiary/aromatic N) is 2. The van der Waals surface area contributed by atoms with Gasteiger partial charge in [0.1, 0.15) is 5.82 Å². The van der Waals surface area contributed by atoms with Gasteiger partial charge in [-0.15, -0.1) is 0 Å². The van der Waals surface area contributed by atoms with Gasteiger partial charge in [-0.3, -0.25) is 14.3 Å². The summed E-state index contributed by atoms with van der Waals surface area (Å²) in [6.07, 6.45) is 5.60. The number of benzene rings is 3. The van der Waals surface area contributed by atoms with Crippen LogP contribution in [-0.2, 0) is 6.54 Å². The molecule has 5 nitrogen and oxygen atoms in total. The molecule has 0 aliphatic heterocycles. The van der Waals surface area contributed by atoms with Crippen molar-refractivity contribution in [3.63, 3.8) is 0 Å². The highest BCUT2D eigenvalue weighted by Gasteiger charge is 2.24. The predicted octanol–water partition coefficient (Wildman–Crippen LogP) is 5.37. The summed E-state index contributed by atoms with van der Waals surface area (Å²) in [5.74, 6) is -0.579. The third-order valence-electron chi connectivity index (χ3n) is 6.43. The maximum absolute atomic E-state index is 13.6. The number of carbonyl (C=O) groups is 1. The second-order valence-corrected chi connectivity index (χ2v) is 8.63. The number of fused-ring (bicyclic) bond motifs is 1. The third-order valence-corrected chi connectivity index (χ3v) is 6.43. The molecule has 1 fully saturated rings. The minimum atomic E-state index is -0.312. The van der Waals surface area contributed by atoms with E-state index < -0.39 is 0 Å². The van der Waals surface area contributed by atoms with Crippen molar-refractivity contribution < 1.29 is 9.18 Å². The molecule has 1 heterocycles. The van der Waals surface area contributed by atoms with Gasteiger partial charge >= 0.3 is 0 Å². The molecule has 1 aromatic heterocycles. The van der Waals surface area contributed by atoms with Crippen LogP contribution in [0.4, 0.5) is 4.39 Å². The van der Waals surface area contributed by atoms with E-state index in [1.807, 2.05) is 36.4 Å². The minimum absolute atomic E-state index is 0.116. The first-order chi connectivity index (χ1) is 16.1. The quantitative estimate of drug-likeness (QED) is 0.451. The van der Waals surface area contributed by atoms with Gasteiger partial charge in [0.25, 0.3) is 11.5 Å². The highest BCUT2D eigenvalue weighted by molar-refractivity contribution is 5.98. The van der Waals surface area contributed by atoms with Gasteiger partial charge in [-0.2, -0.15) is 0 Å². The number of para-hydroxylation sites is 1. The number of hydrogen-bond acceptors (Lipinski definition) is 2. The van der Waals surface area contributed by atoms with Gasteiger partial charge in [0.2, 0.25) is 0 Å². The lowest BCUT2D eigenvalue weighted by Gasteiger charge is -2.26. The fraction of sp³-hybridized carbons (Fsp3) is 0.259. The van der Waals surface area contributed by atoms with Crippen molar-refractivity contribution in [1.82, 2.24) is 14.7 Å². The Bertz CT molecular complexity index is 1330. The fourth-order valence-corrected chi connectivity index (χ4v) is 4.75. The molecule has 0 radical (unpaired) electrons. The van der Waals surface area contributed by atoms with Gasteiger partial charge in [-0.05, 0) is 60.9 Å². The summed E-state index contributed by atoms with van der Waals surface area (Å²) in [6, 6.07) is 21.3. The molecule has 5 rings (SSSR count). The smallest absolute Gasteiger partial charge is 0.279 e. The van der Waals surface area contributed by atoms with Crippen LogP contribution in [0.5, 0.6) is 0 Å². The van der Waals surface area contributed by atoms with Crippen LogP contribution < -0.4 is 10.9 Å². The Morgan fingerprint density at radius 3 is 2.39 bits per heavy atom. The summed E-state index contributed by atoms with van der Waals surface area (Å²) in [5.41, 5.74) is 2.80. The Labute approximate surface area is 191 Å². The van der Waals surface area contributed by atoms with Crippen molar-refractivity contribution in [3.8, 4) is 5.69 Å². The van der Waals surface area contributed by atoms with Crippen LogP contribution in [-0.4, -0.2) is 15.3 Å². The van der Waals surface area contributed by atoms with Crippen molar-refractivity contribution in [2.45, 2.75) is 44.7 Å². The molecular formula is C27H26FN3O2. The molecule has 0 saturated heterocycles. The van der Waals surface area contributed by atoms with Crippen LogP contribution in [0.2, 0.25) is 0 Å². The number of amides is 1. The molecule has 3 aromatic carbocycles. The zero-order valence-electron chi connectivity index (χ0n) is 18.3. The molecule has 0 unspecified atom stereocenters. The van der Waals surface area contributed by atoms with E-state index >= 15 is 0 Å². The second kappa shape index (κ2) is 9.06. The first-order valence-corrected chi connectivity index (χ1v) is 11.5. The van der Waals surface area contributed by atoms with Crippen LogP contribution in [0.1, 0.15) is 54.1 Å². The molecule has 0 bridgehead atoms. The first kappa shape index (κ1) is 21.2. The van der Waals surface area contributed by atoms with Crippen molar-refractivity contribution >= 4 is 16.8 Å². The van der Waals surface area contributed by atoms with Crippen LogP contribution >= 0.6 is 0 Å². The van der Waals surface area contributed by atoms with E-state index in [0.29, 0.717) is 10.9 Å². The van der Waals surface area contributed by atoms with E-state index in [1.165, 1.54) is 18.6 Å². The van der Waals surface area contributed by atoms with Crippen molar-refractivity contribution in [2.75, 3.05) is 0 Å². The molecule has 1 saturated carbocycles. The summed E-state index contributed by atoms with van der Waals surface area (Å²) < 4.78 is 17.0. The van der Waals surface area contributed by atoms with E-state index in [4.69, 9.17) is 0 Å². The number of aromatic nitrogens is 2. The Morgan fingerprint density at radius 1 is 0.939 bits per heavy atom. The average molecular weight is 444 g/mol. The maximum Gasteiger partial charge on any atom is 0.279 e. The molecule has 168 valence electrons. The average Bonchev–Trinajstić information content (AvgIpc) is 3.16. The minimum Gasteiger partial charge on any atom is -0.348 e. The molecule has 1 aliphatic rings. The number of halogens is 1. The summed E-state index contributed by atoms with van der Waals surface area (Å²) in [4.78, 5) is 26.4. The molecule has 1 amide bonds. The third kappa shape index (κ3) is 4.21. The standard InChI is InChI=1S/C27H26FN3O2/c28-21-14-11-19(12-15-21)18-29-26(32)20-13-16-25-24(17-20)27(33)31(23-9-5-2-6-10-23)30(25)22-7-3-1-4-8-22/h2,5-6,9-17,22H,1,3-4,7-8,18H2,(H,29,32). The molecular weight excluding hydrogens is 417 g/mol. The van der Waals surface area contributed by atoms with Crippen LogP contribution in [0.3, 0.4) is 0 Å². The Morgan fingerprint density at radius 2 is 1.67 bits per heavy atom. The largest absolute Gasteiger partial charge is 0.348 e. The normalized spacial score (nSPS) is 14.5. The summed E-state index contributed by atoms with van der Waals surface area (Å²) >= 11 is 0. The first-order valence-electron chi connectivity index (χ1n) is 11.5. The van der Waals surface area contributed by atoms with Gasteiger partial charge in [0.05, 0.1) is 22.6 Å². The second-order valence-electron chi connectivity index (χ2n) is 8.63. The van der Waals surface area contributed by atoms with Gasteiger partial charge in [-0.1, -0.05) is 49.6 Å². The van der Waals surface area contributed by atoms with E-state index in [-0.39, 0.29) is 29.9 Å². The Kier molecular flexibility index (Phi) is 5.82. The van der Waals surface area contributed by atoms with E-state index in [1.54, 1.807) is 28.9 Å². The van der Waals surface area contributed by atoms with Crippen molar-refractivity contribution in [3.05, 3.63) is 100 Å². The molecule has 6 heteroatoms. The van der Waals surface area contributed by atoms with Crippen molar-refractivity contribution in [1.29, 1.82) is 0 Å². The van der Waals surface area contributed by atoms with Crippen molar-refractivity contribution in [2.24, 2.45) is 0 Å². The van der Waals surface area contributed by atoms with Gasteiger partial charge < -0.3 is 5.32 Å². The van der Waals surface area contributed by atoms with E-state index in [0.717, 1.165) is 42.5 Å². The molecule has 0 spiro atoms. The maximum atomic E-state index is 13.6. The number of rotatable bonds is 5. The monoisotopic (exact) mass is 443 g/mol. The Balaban J connectivity index is 1.52. The molecule has 33 heavy (non-hydrogen) atoms. The SMILES string of the molecule is O=C(NCc1ccc(F)cc1)c1ccc2c(c1)c(=O)n(-c1ccccc1)n2C1CCCCC1. The lowest BCUT2D eigenvalue weighted by atomic mass is 9.95. The van der Waals surface area contributed by atoms with Crippen LogP contribution in [0, 0.1) is 5.82 Å². The summed E-state index contributed by atoms with van der Waals surface area (Å²) in [5, 5.41) is 3.40. The highest BCUT2D eigenvalue weighted by atomic mass is 19.1. The molecule has 1 aliphatic carbocycles. The summed E-state index contributed by atoms with van der Waals surface area (Å²) in [7, 11) is 0. The van der Waals surface area contributed by atoms with Gasteiger partial charge in [0.15, 0.2) is 0 Å². The highest BCUT2D eigenvalue weighted by Crippen LogP contribution is 2.31. The predicted molar refractivity (Wildman–Crippen MR) is 127 cm³/mol. The summed E-state index contributed by atoms with van der Waals surface area (Å²) in [6.45, 7) is 0.286. The zero-order chi connectivity index (χ0) is 22.8. The Hall–Kier alpha value is -3.67.